The molecule has 0 fully saturated rings. The molecule has 0 spiro atoms. The van der Waals surface area contributed by atoms with E-state index < -0.39 is 12.5 Å². The molecule has 0 bridgehead atoms. The standard InChI is InChI=1S/C12H13FO3/c1-2-16-9-5-6-10(12(15)8-9)11(14)4-3-7-13/h3-6,8,15H,2,7H2,1H3/b4-3+. The van der Waals surface area contributed by atoms with Gasteiger partial charge in [-0.1, -0.05) is 0 Å². The second-order valence-electron chi connectivity index (χ2n) is 3.03. The Labute approximate surface area is 93.2 Å². The summed E-state index contributed by atoms with van der Waals surface area (Å²) in [6.45, 7) is 1.60. The van der Waals surface area contributed by atoms with Crippen molar-refractivity contribution in [3.63, 3.8) is 0 Å². The first-order valence-electron chi connectivity index (χ1n) is 4.91. The number of benzene rings is 1. The van der Waals surface area contributed by atoms with Gasteiger partial charge >= 0.3 is 0 Å². The molecule has 0 aliphatic carbocycles. The minimum atomic E-state index is -0.705. The zero-order valence-corrected chi connectivity index (χ0v) is 8.94. The average molecular weight is 224 g/mol. The normalized spacial score (nSPS) is 10.6. The third-order valence-corrected chi connectivity index (χ3v) is 1.90. The lowest BCUT2D eigenvalue weighted by Crippen LogP contribution is -1.97. The van der Waals surface area contributed by atoms with E-state index >= 15 is 0 Å². The maximum atomic E-state index is 11.8. The number of carbonyl (C=O) groups excluding carboxylic acids is 1. The molecular formula is C12H13FO3. The molecule has 0 amide bonds. The van der Waals surface area contributed by atoms with Gasteiger partial charge in [-0.15, -0.1) is 0 Å². The molecule has 3 nitrogen and oxygen atoms in total. The van der Waals surface area contributed by atoms with E-state index in [9.17, 15) is 14.3 Å². The summed E-state index contributed by atoms with van der Waals surface area (Å²) in [5.41, 5.74) is 0.133. The molecule has 86 valence electrons. The third kappa shape index (κ3) is 3.08. The highest BCUT2D eigenvalue weighted by molar-refractivity contribution is 6.06. The van der Waals surface area contributed by atoms with Gasteiger partial charge in [-0.05, 0) is 31.2 Å². The lowest BCUT2D eigenvalue weighted by Gasteiger charge is -2.05. The van der Waals surface area contributed by atoms with Gasteiger partial charge in [0.15, 0.2) is 5.78 Å². The second kappa shape index (κ2) is 5.90. The molecule has 0 unspecified atom stereocenters. The summed E-state index contributed by atoms with van der Waals surface area (Å²) in [4.78, 5) is 11.4. The number of carbonyl (C=O) groups is 1. The van der Waals surface area contributed by atoms with Gasteiger partial charge in [0.25, 0.3) is 0 Å². The van der Waals surface area contributed by atoms with Gasteiger partial charge in [0.1, 0.15) is 18.2 Å². The molecule has 0 atom stereocenters. The van der Waals surface area contributed by atoms with Gasteiger partial charge in [-0.3, -0.25) is 4.79 Å². The first-order valence-corrected chi connectivity index (χ1v) is 4.91. The van der Waals surface area contributed by atoms with Crippen LogP contribution in [0.1, 0.15) is 17.3 Å². The largest absolute Gasteiger partial charge is 0.507 e. The van der Waals surface area contributed by atoms with E-state index in [0.717, 1.165) is 12.2 Å². The van der Waals surface area contributed by atoms with Gasteiger partial charge in [-0.2, -0.15) is 0 Å². The molecule has 16 heavy (non-hydrogen) atoms. The van der Waals surface area contributed by atoms with Crippen LogP contribution in [0.4, 0.5) is 4.39 Å². The zero-order valence-electron chi connectivity index (χ0n) is 8.94. The van der Waals surface area contributed by atoms with Gasteiger partial charge in [-0.25, -0.2) is 4.39 Å². The van der Waals surface area contributed by atoms with Crippen molar-refractivity contribution >= 4 is 5.78 Å². The summed E-state index contributed by atoms with van der Waals surface area (Å²) in [6.07, 6.45) is 2.19. The summed E-state index contributed by atoms with van der Waals surface area (Å²) in [6, 6.07) is 4.39. The van der Waals surface area contributed by atoms with Gasteiger partial charge in [0, 0.05) is 6.07 Å². The Morgan fingerprint density at radius 3 is 2.88 bits per heavy atom. The van der Waals surface area contributed by atoms with Crippen LogP contribution < -0.4 is 4.74 Å². The smallest absolute Gasteiger partial charge is 0.189 e. The van der Waals surface area contributed by atoms with Crippen LogP contribution in [0.3, 0.4) is 0 Å². The zero-order chi connectivity index (χ0) is 12.0. The maximum Gasteiger partial charge on any atom is 0.189 e. The fourth-order valence-corrected chi connectivity index (χ4v) is 1.22. The SMILES string of the molecule is CCOc1ccc(C(=O)/C=C/CF)c(O)c1. The first-order chi connectivity index (χ1) is 7.69. The Kier molecular flexibility index (Phi) is 4.51. The highest BCUT2D eigenvalue weighted by Crippen LogP contribution is 2.24. The first kappa shape index (κ1) is 12.2. The fraction of sp³-hybridized carbons (Fsp3) is 0.250. The monoisotopic (exact) mass is 224 g/mol. The molecule has 1 N–H and O–H groups in total. The molecule has 4 heteroatoms. The van der Waals surface area contributed by atoms with Crippen LogP contribution in [0.15, 0.2) is 30.4 Å². The molecule has 0 heterocycles. The summed E-state index contributed by atoms with van der Waals surface area (Å²) in [5, 5.41) is 9.56. The quantitative estimate of drug-likeness (QED) is 0.617. The molecule has 1 aromatic carbocycles. The van der Waals surface area contributed by atoms with Crippen LogP contribution in [0.5, 0.6) is 11.5 Å². The van der Waals surface area contributed by atoms with Crippen molar-refractivity contribution < 1.29 is 19.0 Å². The molecule has 0 aliphatic heterocycles. The van der Waals surface area contributed by atoms with Crippen molar-refractivity contribution in [2.24, 2.45) is 0 Å². The maximum absolute atomic E-state index is 11.8. The number of hydrogen-bond acceptors (Lipinski definition) is 3. The van der Waals surface area contributed by atoms with Crippen LogP contribution in [-0.4, -0.2) is 24.2 Å². The Hall–Kier alpha value is -1.84. The van der Waals surface area contributed by atoms with E-state index in [4.69, 9.17) is 4.74 Å². The van der Waals surface area contributed by atoms with Crippen LogP contribution in [-0.2, 0) is 0 Å². The lowest BCUT2D eigenvalue weighted by atomic mass is 10.1. The second-order valence-corrected chi connectivity index (χ2v) is 3.03. The van der Waals surface area contributed by atoms with Crippen molar-refractivity contribution in [2.75, 3.05) is 13.3 Å². The predicted octanol–water partition coefficient (Wildman–Crippen LogP) is 2.50. The van der Waals surface area contributed by atoms with E-state index in [1.165, 1.54) is 12.1 Å². The van der Waals surface area contributed by atoms with Crippen molar-refractivity contribution in [1.82, 2.24) is 0 Å². The van der Waals surface area contributed by atoms with E-state index in [-0.39, 0.29) is 11.3 Å². The van der Waals surface area contributed by atoms with Crippen LogP contribution >= 0.6 is 0 Å². The summed E-state index contributed by atoms with van der Waals surface area (Å²) in [5.74, 6) is -0.108. The van der Waals surface area contributed by atoms with E-state index in [1.807, 2.05) is 6.92 Å². The number of halogens is 1. The Balaban J connectivity index is 2.90. The number of aromatic hydroxyl groups is 1. The predicted molar refractivity (Wildman–Crippen MR) is 58.7 cm³/mol. The molecular weight excluding hydrogens is 211 g/mol. The minimum absolute atomic E-state index is 0.133. The minimum Gasteiger partial charge on any atom is -0.507 e. The number of rotatable bonds is 5. The molecule has 0 radical (unpaired) electrons. The van der Waals surface area contributed by atoms with Crippen LogP contribution in [0.25, 0.3) is 0 Å². The Morgan fingerprint density at radius 2 is 2.31 bits per heavy atom. The molecule has 0 saturated carbocycles. The number of ketones is 1. The highest BCUT2D eigenvalue weighted by Gasteiger charge is 2.08. The van der Waals surface area contributed by atoms with Crippen molar-refractivity contribution in [2.45, 2.75) is 6.92 Å². The topological polar surface area (TPSA) is 46.5 Å². The molecule has 1 rings (SSSR count). The number of phenolic OH excluding ortho intramolecular Hbond substituents is 1. The number of allylic oxidation sites excluding steroid dienone is 2. The molecule has 1 aromatic rings. The van der Waals surface area contributed by atoms with Crippen LogP contribution in [0.2, 0.25) is 0 Å². The molecule has 0 saturated heterocycles. The average Bonchev–Trinajstić information content (AvgIpc) is 2.26. The number of alkyl halides is 1. The van der Waals surface area contributed by atoms with Gasteiger partial charge < -0.3 is 9.84 Å². The number of ether oxygens (including phenoxy) is 1. The van der Waals surface area contributed by atoms with Gasteiger partial charge in [0.2, 0.25) is 0 Å². The number of phenols is 1. The van der Waals surface area contributed by atoms with E-state index in [0.29, 0.717) is 12.4 Å². The highest BCUT2D eigenvalue weighted by atomic mass is 19.1. The lowest BCUT2D eigenvalue weighted by molar-refractivity contribution is 0.104. The van der Waals surface area contributed by atoms with Crippen molar-refractivity contribution in [3.8, 4) is 11.5 Å². The van der Waals surface area contributed by atoms with Crippen molar-refractivity contribution in [3.05, 3.63) is 35.9 Å². The third-order valence-electron chi connectivity index (χ3n) is 1.90. The van der Waals surface area contributed by atoms with Gasteiger partial charge in [0.05, 0.1) is 12.2 Å². The van der Waals surface area contributed by atoms with Crippen LogP contribution in [0, 0.1) is 0 Å². The van der Waals surface area contributed by atoms with E-state index in [1.54, 1.807) is 6.07 Å². The molecule has 0 aliphatic rings. The van der Waals surface area contributed by atoms with Crippen molar-refractivity contribution in [1.29, 1.82) is 0 Å². The number of hydrogen-bond donors (Lipinski definition) is 1. The summed E-state index contributed by atoms with van der Waals surface area (Å²) < 4.78 is 17.0. The Bertz CT molecular complexity index is 399. The summed E-state index contributed by atoms with van der Waals surface area (Å²) in [7, 11) is 0. The molecule has 0 aromatic heterocycles. The van der Waals surface area contributed by atoms with E-state index in [2.05, 4.69) is 0 Å². The Morgan fingerprint density at radius 1 is 1.56 bits per heavy atom. The summed E-state index contributed by atoms with van der Waals surface area (Å²) >= 11 is 0. The fourth-order valence-electron chi connectivity index (χ4n) is 1.22.